The van der Waals surface area contributed by atoms with Gasteiger partial charge in [0.15, 0.2) is 0 Å². The Labute approximate surface area is 107 Å². The number of halogens is 1. The zero-order valence-electron chi connectivity index (χ0n) is 10.7. The Bertz CT molecular complexity index is 381. The molecule has 1 saturated heterocycles. The average Bonchev–Trinajstić information content (AvgIpc) is 2.54. The van der Waals surface area contributed by atoms with E-state index in [1.807, 2.05) is 18.7 Å². The van der Waals surface area contributed by atoms with Crippen molar-refractivity contribution in [2.75, 3.05) is 33.2 Å². The van der Waals surface area contributed by atoms with E-state index in [4.69, 9.17) is 11.6 Å². The molecule has 0 saturated carbocycles. The van der Waals surface area contributed by atoms with Gasteiger partial charge in [-0.25, -0.2) is 10.4 Å². The molecule has 1 aromatic heterocycles. The van der Waals surface area contributed by atoms with Gasteiger partial charge < -0.3 is 4.90 Å². The Balaban J connectivity index is 1.89. The minimum atomic E-state index is 0.736. The summed E-state index contributed by atoms with van der Waals surface area (Å²) < 4.78 is 1.85. The highest BCUT2D eigenvalue weighted by molar-refractivity contribution is 6.31. The maximum absolute atomic E-state index is 6.20. The monoisotopic (exact) mass is 257 g/mol. The highest BCUT2D eigenvalue weighted by Gasteiger charge is 2.15. The Morgan fingerprint density at radius 2 is 1.88 bits per heavy atom. The molecule has 0 aromatic carbocycles. The van der Waals surface area contributed by atoms with Crippen LogP contribution in [0.2, 0.25) is 5.02 Å². The molecular formula is C11H20ClN5. The quantitative estimate of drug-likeness (QED) is 0.862. The fourth-order valence-corrected chi connectivity index (χ4v) is 2.25. The van der Waals surface area contributed by atoms with Gasteiger partial charge in [-0.1, -0.05) is 11.6 Å². The van der Waals surface area contributed by atoms with Crippen LogP contribution in [0.4, 0.5) is 0 Å². The molecule has 0 amide bonds. The maximum atomic E-state index is 6.20. The molecule has 17 heavy (non-hydrogen) atoms. The number of hydrogen-bond donors (Lipinski definition) is 1. The number of nitrogens with zero attached hydrogens (tertiary/aromatic N) is 4. The predicted octanol–water partition coefficient (Wildman–Crippen LogP) is 0.634. The van der Waals surface area contributed by atoms with Gasteiger partial charge in [-0.05, 0) is 14.0 Å². The second kappa shape index (κ2) is 5.35. The predicted molar refractivity (Wildman–Crippen MR) is 68.9 cm³/mol. The molecule has 5 nitrogen and oxygen atoms in total. The molecule has 0 bridgehead atoms. The summed E-state index contributed by atoms with van der Waals surface area (Å²) in [6.07, 6.45) is 0. The van der Waals surface area contributed by atoms with E-state index in [1.165, 1.54) is 0 Å². The zero-order valence-corrected chi connectivity index (χ0v) is 11.5. The fourth-order valence-electron chi connectivity index (χ4n) is 2.02. The smallest absolute Gasteiger partial charge is 0.0860 e. The molecule has 1 aromatic rings. The summed E-state index contributed by atoms with van der Waals surface area (Å²) in [5, 5.41) is 7.33. The maximum Gasteiger partial charge on any atom is 0.0860 e. The molecule has 6 heteroatoms. The molecule has 1 aliphatic heterocycles. The highest BCUT2D eigenvalue weighted by Crippen LogP contribution is 2.19. The molecule has 1 aliphatic rings. The van der Waals surface area contributed by atoms with E-state index in [0.29, 0.717) is 0 Å². The lowest BCUT2D eigenvalue weighted by Crippen LogP contribution is -2.50. The largest absolute Gasteiger partial charge is 0.304 e. The number of nitrogens with one attached hydrogen (secondary N) is 1. The molecule has 0 aliphatic carbocycles. The van der Waals surface area contributed by atoms with Gasteiger partial charge >= 0.3 is 0 Å². The first kappa shape index (κ1) is 12.8. The van der Waals surface area contributed by atoms with Crippen LogP contribution in [0.15, 0.2) is 0 Å². The number of rotatable bonds is 3. The van der Waals surface area contributed by atoms with Gasteiger partial charge in [-0.15, -0.1) is 0 Å². The third-order valence-electron chi connectivity index (χ3n) is 3.24. The second-order valence-electron chi connectivity index (χ2n) is 4.59. The van der Waals surface area contributed by atoms with E-state index in [9.17, 15) is 0 Å². The third kappa shape index (κ3) is 2.98. The standard InChI is InChI=1S/C11H20ClN5/c1-9-11(12)10(16(3)14-9)8-13-17-6-4-15(2)5-7-17/h13H,4-8H2,1-3H3. The Kier molecular flexibility index (Phi) is 4.04. The van der Waals surface area contributed by atoms with Crippen LogP contribution >= 0.6 is 11.6 Å². The molecule has 1 N–H and O–H groups in total. The number of aryl methyl sites for hydroxylation is 2. The number of piperazine rings is 1. The molecule has 1 fully saturated rings. The Morgan fingerprint density at radius 1 is 1.24 bits per heavy atom. The van der Waals surface area contributed by atoms with Crippen LogP contribution in [0, 0.1) is 6.92 Å². The van der Waals surface area contributed by atoms with Gasteiger partial charge in [0.25, 0.3) is 0 Å². The molecule has 0 spiro atoms. The minimum Gasteiger partial charge on any atom is -0.304 e. The lowest BCUT2D eigenvalue weighted by atomic mass is 10.3. The van der Waals surface area contributed by atoms with Crippen molar-refractivity contribution in [2.24, 2.45) is 7.05 Å². The number of likely N-dealkylation sites (N-methyl/N-ethyl adjacent to an activating group) is 1. The van der Waals surface area contributed by atoms with Crippen molar-refractivity contribution < 1.29 is 0 Å². The van der Waals surface area contributed by atoms with Crippen molar-refractivity contribution in [3.8, 4) is 0 Å². The van der Waals surface area contributed by atoms with Crippen LogP contribution < -0.4 is 5.43 Å². The molecule has 2 rings (SSSR count). The summed E-state index contributed by atoms with van der Waals surface area (Å²) in [6.45, 7) is 6.97. The number of aromatic nitrogens is 2. The van der Waals surface area contributed by atoms with Crippen LogP contribution in [-0.4, -0.2) is 52.9 Å². The summed E-state index contributed by atoms with van der Waals surface area (Å²) in [5.74, 6) is 0. The van der Waals surface area contributed by atoms with Crippen LogP contribution in [-0.2, 0) is 13.6 Å². The number of hydrogen-bond acceptors (Lipinski definition) is 4. The molecule has 0 unspecified atom stereocenters. The minimum absolute atomic E-state index is 0.736. The van der Waals surface area contributed by atoms with E-state index < -0.39 is 0 Å². The molecule has 0 radical (unpaired) electrons. The van der Waals surface area contributed by atoms with E-state index in [2.05, 4.69) is 27.5 Å². The van der Waals surface area contributed by atoms with Crippen molar-refractivity contribution in [2.45, 2.75) is 13.5 Å². The van der Waals surface area contributed by atoms with Gasteiger partial charge in [0.1, 0.15) is 0 Å². The van der Waals surface area contributed by atoms with Crippen molar-refractivity contribution in [1.82, 2.24) is 25.1 Å². The Hall–Kier alpha value is -0.620. The van der Waals surface area contributed by atoms with Crippen molar-refractivity contribution in [3.63, 3.8) is 0 Å². The summed E-state index contributed by atoms with van der Waals surface area (Å²) in [6, 6.07) is 0. The number of hydrazine groups is 1. The lowest BCUT2D eigenvalue weighted by Gasteiger charge is -2.32. The van der Waals surface area contributed by atoms with Gasteiger partial charge in [0.2, 0.25) is 0 Å². The van der Waals surface area contributed by atoms with Gasteiger partial charge in [0.05, 0.1) is 23.0 Å². The first-order valence-electron chi connectivity index (χ1n) is 5.93. The van der Waals surface area contributed by atoms with Crippen LogP contribution in [0.5, 0.6) is 0 Å². The molecule has 0 atom stereocenters. The van der Waals surface area contributed by atoms with Crippen molar-refractivity contribution >= 4 is 11.6 Å². The summed E-state index contributed by atoms with van der Waals surface area (Å²) in [4.78, 5) is 2.33. The van der Waals surface area contributed by atoms with Crippen molar-refractivity contribution in [1.29, 1.82) is 0 Å². The molecule has 2 heterocycles. The van der Waals surface area contributed by atoms with Gasteiger partial charge in [-0.3, -0.25) is 4.68 Å². The molecular weight excluding hydrogens is 238 g/mol. The zero-order chi connectivity index (χ0) is 12.4. The summed E-state index contributed by atoms with van der Waals surface area (Å²) >= 11 is 6.20. The van der Waals surface area contributed by atoms with E-state index in [0.717, 1.165) is 49.1 Å². The van der Waals surface area contributed by atoms with Gasteiger partial charge in [0, 0.05) is 33.2 Å². The first-order chi connectivity index (χ1) is 8.08. The van der Waals surface area contributed by atoms with E-state index >= 15 is 0 Å². The van der Waals surface area contributed by atoms with Crippen LogP contribution in [0.3, 0.4) is 0 Å². The van der Waals surface area contributed by atoms with E-state index in [1.54, 1.807) is 0 Å². The summed E-state index contributed by atoms with van der Waals surface area (Å²) in [5.41, 5.74) is 5.35. The topological polar surface area (TPSA) is 36.3 Å². The van der Waals surface area contributed by atoms with E-state index in [-0.39, 0.29) is 0 Å². The Morgan fingerprint density at radius 3 is 2.41 bits per heavy atom. The highest BCUT2D eigenvalue weighted by atomic mass is 35.5. The average molecular weight is 258 g/mol. The van der Waals surface area contributed by atoms with Crippen LogP contribution in [0.1, 0.15) is 11.4 Å². The lowest BCUT2D eigenvalue weighted by molar-refractivity contribution is 0.101. The third-order valence-corrected chi connectivity index (χ3v) is 3.73. The normalized spacial score (nSPS) is 18.8. The van der Waals surface area contributed by atoms with Crippen molar-refractivity contribution in [3.05, 3.63) is 16.4 Å². The SMILES string of the molecule is Cc1nn(C)c(CNN2CCN(C)CC2)c1Cl. The van der Waals surface area contributed by atoms with Gasteiger partial charge in [-0.2, -0.15) is 5.10 Å². The second-order valence-corrected chi connectivity index (χ2v) is 4.97. The molecule has 96 valence electrons. The van der Waals surface area contributed by atoms with Crippen LogP contribution in [0.25, 0.3) is 0 Å². The fraction of sp³-hybridized carbons (Fsp3) is 0.727. The summed E-state index contributed by atoms with van der Waals surface area (Å²) in [7, 11) is 4.08. The first-order valence-corrected chi connectivity index (χ1v) is 6.30.